The zero-order valence-electron chi connectivity index (χ0n) is 22.5. The number of aldehydes is 1. The van der Waals surface area contributed by atoms with Crippen LogP contribution in [0.3, 0.4) is 0 Å². The highest BCUT2D eigenvalue weighted by Gasteiger charge is 2.37. The van der Waals surface area contributed by atoms with Gasteiger partial charge in [-0.2, -0.15) is 31.4 Å². The summed E-state index contributed by atoms with van der Waals surface area (Å²) in [6.45, 7) is 2.13. The minimum Gasteiger partial charge on any atom is -0.381 e. The largest absolute Gasteiger partial charge is 0.423 e. The van der Waals surface area contributed by atoms with Gasteiger partial charge in [0.15, 0.2) is 12.1 Å². The van der Waals surface area contributed by atoms with E-state index >= 15 is 0 Å². The summed E-state index contributed by atoms with van der Waals surface area (Å²) in [6.07, 6.45) is -2.61. The fraction of sp³-hybridized carbons (Fsp3) is 0.370. The van der Waals surface area contributed by atoms with Crippen LogP contribution >= 0.6 is 0 Å². The molecule has 0 saturated carbocycles. The lowest BCUT2D eigenvalue weighted by Gasteiger charge is -2.20. The molecule has 0 aliphatic carbocycles. The van der Waals surface area contributed by atoms with E-state index in [1.807, 2.05) is 0 Å². The Labute approximate surface area is 235 Å². The van der Waals surface area contributed by atoms with Crippen molar-refractivity contribution in [3.63, 3.8) is 0 Å². The molecular formula is C27H27F7N6O2. The van der Waals surface area contributed by atoms with Gasteiger partial charge in [-0.1, -0.05) is 0 Å². The highest BCUT2D eigenvalue weighted by atomic mass is 19.4. The number of hydrogen-bond donors (Lipinski definition) is 2. The fourth-order valence-electron chi connectivity index (χ4n) is 3.99. The molecule has 3 aromatic rings. The second kappa shape index (κ2) is 13.6. The minimum atomic E-state index is -4.85. The van der Waals surface area contributed by atoms with Gasteiger partial charge in [0.1, 0.15) is 11.4 Å². The monoisotopic (exact) mass is 600 g/mol. The number of nitrogens with one attached hydrogen (secondary N) is 2. The maximum absolute atomic E-state index is 14.7. The predicted octanol–water partition coefficient (Wildman–Crippen LogP) is 5.88. The summed E-state index contributed by atoms with van der Waals surface area (Å²) >= 11 is 0. The molecule has 2 aromatic heterocycles. The normalized spacial score (nSPS) is 12.9. The summed E-state index contributed by atoms with van der Waals surface area (Å²) < 4.78 is 91.8. The van der Waals surface area contributed by atoms with Gasteiger partial charge in [0.05, 0.1) is 17.4 Å². The van der Waals surface area contributed by atoms with E-state index in [1.165, 1.54) is 18.5 Å². The molecule has 226 valence electrons. The molecule has 0 aliphatic rings. The van der Waals surface area contributed by atoms with Crippen molar-refractivity contribution in [3.05, 3.63) is 75.3 Å². The molecule has 0 aliphatic heterocycles. The van der Waals surface area contributed by atoms with Crippen LogP contribution in [-0.2, 0) is 12.6 Å². The first-order valence-corrected chi connectivity index (χ1v) is 12.6. The van der Waals surface area contributed by atoms with Crippen molar-refractivity contribution in [2.45, 2.75) is 51.0 Å². The molecule has 0 bridgehead atoms. The molecular weight excluding hydrogens is 573 g/mol. The van der Waals surface area contributed by atoms with Crippen LogP contribution in [0.15, 0.2) is 41.7 Å². The van der Waals surface area contributed by atoms with Crippen LogP contribution in [0, 0.1) is 5.82 Å². The van der Waals surface area contributed by atoms with Crippen molar-refractivity contribution < 1.29 is 35.5 Å². The third-order valence-corrected chi connectivity index (χ3v) is 6.14. The number of carbonyl (C=O) groups excluding carboxylic acids is 1. The molecule has 0 amide bonds. The Kier molecular flexibility index (Phi) is 10.4. The van der Waals surface area contributed by atoms with E-state index in [1.54, 1.807) is 36.2 Å². The minimum absolute atomic E-state index is 0.0439. The average Bonchev–Trinajstić information content (AvgIpc) is 2.90. The number of H-pyrrole nitrogens is 1. The average molecular weight is 601 g/mol. The summed E-state index contributed by atoms with van der Waals surface area (Å²) in [5.41, 5.74) is -2.52. The summed E-state index contributed by atoms with van der Waals surface area (Å²) in [7, 11) is 1.73. The Hall–Kier alpha value is -4.30. The quantitative estimate of drug-likeness (QED) is 0.198. The van der Waals surface area contributed by atoms with Gasteiger partial charge < -0.3 is 10.2 Å². The van der Waals surface area contributed by atoms with Gasteiger partial charge in [-0.15, -0.1) is 0 Å². The van der Waals surface area contributed by atoms with Crippen LogP contribution < -0.4 is 10.9 Å². The third kappa shape index (κ3) is 9.11. The molecule has 1 atom stereocenters. The van der Waals surface area contributed by atoms with E-state index in [2.05, 4.69) is 20.4 Å². The Bertz CT molecular complexity index is 1450. The summed E-state index contributed by atoms with van der Waals surface area (Å²) in [5.74, 6) is -0.842. The van der Waals surface area contributed by atoms with Crippen LogP contribution in [-0.4, -0.2) is 57.2 Å². The number of hydrogen-bond acceptors (Lipinski definition) is 7. The van der Waals surface area contributed by atoms with Gasteiger partial charge in [0, 0.05) is 44.0 Å². The van der Waals surface area contributed by atoms with E-state index in [0.29, 0.717) is 31.2 Å². The zero-order valence-corrected chi connectivity index (χ0v) is 22.5. The molecule has 42 heavy (non-hydrogen) atoms. The third-order valence-electron chi connectivity index (χ3n) is 6.14. The number of anilines is 1. The van der Waals surface area contributed by atoms with Crippen molar-refractivity contribution in [1.29, 1.82) is 0 Å². The highest BCUT2D eigenvalue weighted by molar-refractivity contribution is 5.84. The lowest BCUT2D eigenvalue weighted by molar-refractivity contribution is -0.138. The molecule has 8 nitrogen and oxygen atoms in total. The Morgan fingerprint density at radius 1 is 1.07 bits per heavy atom. The Morgan fingerprint density at radius 2 is 1.76 bits per heavy atom. The Balaban J connectivity index is 1.63. The molecule has 0 saturated heterocycles. The van der Waals surface area contributed by atoms with Crippen LogP contribution in [0.25, 0.3) is 17.5 Å². The van der Waals surface area contributed by atoms with E-state index in [4.69, 9.17) is 0 Å². The van der Waals surface area contributed by atoms with Crippen molar-refractivity contribution in [2.24, 2.45) is 0 Å². The number of carbonyl (C=O) groups is 1. The van der Waals surface area contributed by atoms with Crippen molar-refractivity contribution in [2.75, 3.05) is 18.9 Å². The van der Waals surface area contributed by atoms with Crippen LogP contribution in [0.1, 0.15) is 53.2 Å². The first-order valence-electron chi connectivity index (χ1n) is 12.6. The lowest BCUT2D eigenvalue weighted by Crippen LogP contribution is -2.27. The molecule has 3 rings (SSSR count). The molecule has 0 spiro atoms. The topological polar surface area (TPSA) is 104 Å². The van der Waals surface area contributed by atoms with Gasteiger partial charge in [-0.05, 0) is 61.7 Å². The maximum atomic E-state index is 14.7. The van der Waals surface area contributed by atoms with Gasteiger partial charge in [0.2, 0.25) is 0 Å². The summed E-state index contributed by atoms with van der Waals surface area (Å²) in [4.78, 5) is 32.9. The number of nitrogens with zero attached hydrogens (tertiary/aromatic N) is 4. The number of benzene rings is 1. The number of rotatable bonds is 12. The van der Waals surface area contributed by atoms with Gasteiger partial charge in [-0.3, -0.25) is 9.59 Å². The van der Waals surface area contributed by atoms with Crippen molar-refractivity contribution in [1.82, 2.24) is 25.1 Å². The zero-order chi connectivity index (χ0) is 31.1. The molecule has 1 aromatic carbocycles. The van der Waals surface area contributed by atoms with Gasteiger partial charge >= 0.3 is 12.4 Å². The predicted molar refractivity (Wildman–Crippen MR) is 141 cm³/mol. The number of alkyl halides is 6. The second-order valence-electron chi connectivity index (χ2n) is 9.58. The molecule has 0 radical (unpaired) electrons. The smallest absolute Gasteiger partial charge is 0.381 e. The first-order chi connectivity index (χ1) is 19.7. The van der Waals surface area contributed by atoms with E-state index in [-0.39, 0.29) is 28.9 Å². The summed E-state index contributed by atoms with van der Waals surface area (Å²) in [6, 6.07) is 1.94. The van der Waals surface area contributed by atoms with Crippen LogP contribution in [0.2, 0.25) is 0 Å². The molecule has 2 heterocycles. The SMILES string of the molecule is CC(CCCN(C)/C=C\c1cc(-c2ncc(CCC(F)(F)F)cn2)c(F)cc1C=O)Nc1cn[nH]c(=O)c1C(F)(F)F. The van der Waals surface area contributed by atoms with E-state index < -0.39 is 47.4 Å². The van der Waals surface area contributed by atoms with E-state index in [9.17, 15) is 40.3 Å². The van der Waals surface area contributed by atoms with Crippen LogP contribution in [0.5, 0.6) is 0 Å². The van der Waals surface area contributed by atoms with Gasteiger partial charge in [-0.25, -0.2) is 19.5 Å². The standard InChI is InChI=1S/C27H27F7N6O2/c1-16(38-22-14-37-39-25(42)23(22)27(32,33)34)4-3-8-40(2)9-6-18-10-20(21(28)11-19(18)15-41)24-35-12-17(13-36-24)5-7-26(29,30)31/h6,9-16H,3-5,7-8H2,1-2H3,(H2,38,39,42)/b9-6-. The Morgan fingerprint density at radius 3 is 2.38 bits per heavy atom. The number of aromatic nitrogens is 4. The van der Waals surface area contributed by atoms with Crippen molar-refractivity contribution in [3.8, 4) is 11.4 Å². The maximum Gasteiger partial charge on any atom is 0.423 e. The first kappa shape index (κ1) is 32.2. The van der Waals surface area contributed by atoms with Crippen molar-refractivity contribution >= 4 is 18.0 Å². The molecule has 15 heteroatoms. The number of halogens is 7. The highest BCUT2D eigenvalue weighted by Crippen LogP contribution is 2.32. The lowest BCUT2D eigenvalue weighted by atomic mass is 10.0. The second-order valence-corrected chi connectivity index (χ2v) is 9.58. The van der Waals surface area contributed by atoms with E-state index in [0.717, 1.165) is 12.3 Å². The number of aromatic amines is 1. The summed E-state index contributed by atoms with van der Waals surface area (Å²) in [5, 5.41) is 7.88. The van der Waals surface area contributed by atoms with Gasteiger partial charge in [0.25, 0.3) is 5.56 Å². The van der Waals surface area contributed by atoms with Crippen LogP contribution in [0.4, 0.5) is 36.4 Å². The fourth-order valence-corrected chi connectivity index (χ4v) is 3.99. The molecule has 1 unspecified atom stereocenters. The number of aryl methyl sites for hydroxylation is 1. The molecule has 0 fully saturated rings. The molecule has 2 N–H and O–H groups in total.